The van der Waals surface area contributed by atoms with E-state index in [4.69, 9.17) is 4.74 Å². The lowest BCUT2D eigenvalue weighted by Crippen LogP contribution is -2.31. The van der Waals surface area contributed by atoms with Gasteiger partial charge in [-0.25, -0.2) is 9.78 Å². The first-order valence-corrected chi connectivity index (χ1v) is 9.66. The van der Waals surface area contributed by atoms with E-state index in [2.05, 4.69) is 15.6 Å². The van der Waals surface area contributed by atoms with Crippen LogP contribution in [0.25, 0.3) is 0 Å². The third-order valence-electron chi connectivity index (χ3n) is 4.32. The molecule has 7 nitrogen and oxygen atoms in total. The standard InChI is InChI=1S/C23H26N4O3/c1-23(2,3)30-22(29)25-18-12-10-17(11-13-18)21(28)26-19(16-8-6-5-7-9-16)20-24-14-15-27(20)4/h5-15,19H,1-4H3,(H,25,29)(H,26,28). The molecule has 3 rings (SSSR count). The topological polar surface area (TPSA) is 85.3 Å². The summed E-state index contributed by atoms with van der Waals surface area (Å²) in [6.07, 6.45) is 3.00. The summed E-state index contributed by atoms with van der Waals surface area (Å²) < 4.78 is 7.12. The van der Waals surface area contributed by atoms with Crippen LogP contribution in [0, 0.1) is 0 Å². The van der Waals surface area contributed by atoms with Gasteiger partial charge >= 0.3 is 6.09 Å². The molecule has 156 valence electrons. The maximum atomic E-state index is 12.9. The molecule has 0 radical (unpaired) electrons. The van der Waals surface area contributed by atoms with Crippen LogP contribution in [-0.4, -0.2) is 27.2 Å². The number of nitrogens with zero attached hydrogens (tertiary/aromatic N) is 2. The Morgan fingerprint density at radius 2 is 1.70 bits per heavy atom. The van der Waals surface area contributed by atoms with E-state index in [0.717, 1.165) is 11.4 Å². The van der Waals surface area contributed by atoms with Crippen molar-refractivity contribution in [1.29, 1.82) is 0 Å². The highest BCUT2D eigenvalue weighted by Crippen LogP contribution is 2.21. The van der Waals surface area contributed by atoms with Crippen LogP contribution in [-0.2, 0) is 11.8 Å². The predicted octanol–water partition coefficient (Wildman–Crippen LogP) is 4.29. The summed E-state index contributed by atoms with van der Waals surface area (Å²) >= 11 is 0. The van der Waals surface area contributed by atoms with Gasteiger partial charge < -0.3 is 14.6 Å². The van der Waals surface area contributed by atoms with Gasteiger partial charge in [-0.1, -0.05) is 30.3 Å². The number of carbonyl (C=O) groups is 2. The van der Waals surface area contributed by atoms with E-state index in [1.54, 1.807) is 51.2 Å². The summed E-state index contributed by atoms with van der Waals surface area (Å²) in [5, 5.41) is 5.70. The molecule has 2 amide bonds. The molecule has 0 fully saturated rings. The van der Waals surface area contributed by atoms with E-state index < -0.39 is 17.7 Å². The molecule has 0 aliphatic carbocycles. The first-order chi connectivity index (χ1) is 14.2. The molecule has 2 aromatic carbocycles. The van der Waals surface area contributed by atoms with E-state index in [0.29, 0.717) is 11.3 Å². The van der Waals surface area contributed by atoms with Crippen molar-refractivity contribution >= 4 is 17.7 Å². The molecule has 0 bridgehead atoms. The fourth-order valence-electron chi connectivity index (χ4n) is 2.94. The summed E-state index contributed by atoms with van der Waals surface area (Å²) in [5.41, 5.74) is 1.37. The number of rotatable bonds is 5. The fourth-order valence-corrected chi connectivity index (χ4v) is 2.94. The number of hydrogen-bond acceptors (Lipinski definition) is 4. The van der Waals surface area contributed by atoms with Crippen LogP contribution >= 0.6 is 0 Å². The monoisotopic (exact) mass is 406 g/mol. The number of aromatic nitrogens is 2. The minimum Gasteiger partial charge on any atom is -0.444 e. The normalized spacial score (nSPS) is 12.1. The Hall–Kier alpha value is -3.61. The van der Waals surface area contributed by atoms with Crippen molar-refractivity contribution in [2.75, 3.05) is 5.32 Å². The summed E-state index contributed by atoms with van der Waals surface area (Å²) in [6.45, 7) is 5.39. The van der Waals surface area contributed by atoms with Gasteiger partial charge in [-0.3, -0.25) is 10.1 Å². The quantitative estimate of drug-likeness (QED) is 0.662. The number of benzene rings is 2. The zero-order chi connectivity index (χ0) is 21.7. The first-order valence-electron chi connectivity index (χ1n) is 9.66. The Kier molecular flexibility index (Phi) is 6.20. The molecule has 2 N–H and O–H groups in total. The highest BCUT2D eigenvalue weighted by atomic mass is 16.6. The summed E-state index contributed by atoms with van der Waals surface area (Å²) in [4.78, 5) is 29.2. The van der Waals surface area contributed by atoms with Gasteiger partial charge in [-0.15, -0.1) is 0 Å². The van der Waals surface area contributed by atoms with Crippen molar-refractivity contribution in [3.8, 4) is 0 Å². The van der Waals surface area contributed by atoms with Gasteiger partial charge in [-0.2, -0.15) is 0 Å². The van der Waals surface area contributed by atoms with E-state index in [9.17, 15) is 9.59 Å². The van der Waals surface area contributed by atoms with Crippen molar-refractivity contribution in [2.45, 2.75) is 32.4 Å². The SMILES string of the molecule is Cn1ccnc1C(NC(=O)c1ccc(NC(=O)OC(C)(C)C)cc1)c1ccccc1. The molecule has 0 saturated carbocycles. The van der Waals surface area contributed by atoms with E-state index in [-0.39, 0.29) is 5.91 Å². The van der Waals surface area contributed by atoms with Crippen molar-refractivity contribution < 1.29 is 14.3 Å². The molecule has 3 aromatic rings. The second kappa shape index (κ2) is 8.82. The lowest BCUT2D eigenvalue weighted by molar-refractivity contribution is 0.0635. The van der Waals surface area contributed by atoms with Crippen molar-refractivity contribution in [3.05, 3.63) is 83.9 Å². The van der Waals surface area contributed by atoms with Crippen LogP contribution in [0.1, 0.15) is 48.6 Å². The molecule has 30 heavy (non-hydrogen) atoms. The van der Waals surface area contributed by atoms with Gasteiger partial charge in [-0.05, 0) is 50.6 Å². The van der Waals surface area contributed by atoms with Crippen LogP contribution in [0.3, 0.4) is 0 Å². The van der Waals surface area contributed by atoms with Crippen molar-refractivity contribution in [3.63, 3.8) is 0 Å². The fraction of sp³-hybridized carbons (Fsp3) is 0.261. The number of anilines is 1. The number of ether oxygens (including phenoxy) is 1. The number of imidazole rings is 1. The summed E-state index contributed by atoms with van der Waals surface area (Å²) in [5.74, 6) is 0.494. The Balaban J connectivity index is 1.73. The summed E-state index contributed by atoms with van der Waals surface area (Å²) in [6, 6.07) is 15.9. The minimum atomic E-state index is -0.582. The Morgan fingerprint density at radius 1 is 1.03 bits per heavy atom. The highest BCUT2D eigenvalue weighted by molar-refractivity contribution is 5.95. The molecule has 0 saturated heterocycles. The zero-order valence-corrected chi connectivity index (χ0v) is 17.5. The number of aryl methyl sites for hydroxylation is 1. The molecule has 7 heteroatoms. The summed E-state index contributed by atoms with van der Waals surface area (Å²) in [7, 11) is 1.89. The molecule has 1 heterocycles. The molecular weight excluding hydrogens is 380 g/mol. The predicted molar refractivity (Wildman–Crippen MR) is 115 cm³/mol. The average molecular weight is 406 g/mol. The van der Waals surface area contributed by atoms with E-state index in [1.807, 2.05) is 48.1 Å². The molecular formula is C23H26N4O3. The smallest absolute Gasteiger partial charge is 0.412 e. The lowest BCUT2D eigenvalue weighted by Gasteiger charge is -2.20. The molecule has 0 aliphatic heterocycles. The Labute approximate surface area is 176 Å². The largest absolute Gasteiger partial charge is 0.444 e. The number of nitrogens with one attached hydrogen (secondary N) is 2. The van der Waals surface area contributed by atoms with Gasteiger partial charge in [0.2, 0.25) is 0 Å². The molecule has 1 unspecified atom stereocenters. The number of amides is 2. The van der Waals surface area contributed by atoms with Gasteiger partial charge in [0, 0.05) is 30.7 Å². The van der Waals surface area contributed by atoms with Crippen molar-refractivity contribution in [1.82, 2.24) is 14.9 Å². The second-order valence-corrected chi connectivity index (χ2v) is 7.92. The minimum absolute atomic E-state index is 0.240. The molecule has 0 aliphatic rings. The average Bonchev–Trinajstić information content (AvgIpc) is 3.11. The first kappa shape index (κ1) is 21.1. The third-order valence-corrected chi connectivity index (χ3v) is 4.32. The Morgan fingerprint density at radius 3 is 2.27 bits per heavy atom. The van der Waals surface area contributed by atoms with Gasteiger partial charge in [0.15, 0.2) is 0 Å². The third kappa shape index (κ3) is 5.47. The van der Waals surface area contributed by atoms with Crippen LogP contribution in [0.15, 0.2) is 67.0 Å². The molecule has 0 spiro atoms. The van der Waals surface area contributed by atoms with Crippen LogP contribution < -0.4 is 10.6 Å². The zero-order valence-electron chi connectivity index (χ0n) is 17.5. The van der Waals surface area contributed by atoms with Crippen LogP contribution in [0.2, 0.25) is 0 Å². The van der Waals surface area contributed by atoms with Gasteiger partial charge in [0.1, 0.15) is 17.5 Å². The molecule has 1 aromatic heterocycles. The van der Waals surface area contributed by atoms with Crippen molar-refractivity contribution in [2.24, 2.45) is 7.05 Å². The maximum absolute atomic E-state index is 12.9. The highest BCUT2D eigenvalue weighted by Gasteiger charge is 2.21. The second-order valence-electron chi connectivity index (χ2n) is 7.92. The Bertz CT molecular complexity index is 1000. The number of carbonyl (C=O) groups excluding carboxylic acids is 2. The number of hydrogen-bond donors (Lipinski definition) is 2. The lowest BCUT2D eigenvalue weighted by atomic mass is 10.1. The maximum Gasteiger partial charge on any atom is 0.412 e. The molecule has 1 atom stereocenters. The van der Waals surface area contributed by atoms with Crippen LogP contribution in [0.4, 0.5) is 10.5 Å². The van der Waals surface area contributed by atoms with Crippen LogP contribution in [0.5, 0.6) is 0 Å². The van der Waals surface area contributed by atoms with E-state index in [1.165, 1.54) is 0 Å². The van der Waals surface area contributed by atoms with Gasteiger partial charge in [0.05, 0.1) is 0 Å². The van der Waals surface area contributed by atoms with E-state index >= 15 is 0 Å². The van der Waals surface area contributed by atoms with Gasteiger partial charge in [0.25, 0.3) is 5.91 Å².